The van der Waals surface area contributed by atoms with Crippen molar-refractivity contribution in [1.82, 2.24) is 9.80 Å². The molecule has 0 spiro atoms. The van der Waals surface area contributed by atoms with Gasteiger partial charge in [-0.25, -0.2) is 4.79 Å². The van der Waals surface area contributed by atoms with Gasteiger partial charge in [-0.05, 0) is 76.9 Å². The summed E-state index contributed by atoms with van der Waals surface area (Å²) in [5.74, 6) is 0.412. The van der Waals surface area contributed by atoms with Crippen LogP contribution in [0.5, 0.6) is 5.75 Å². The number of aryl methyl sites for hydroxylation is 2. The van der Waals surface area contributed by atoms with Crippen molar-refractivity contribution in [2.45, 2.75) is 90.6 Å². The van der Waals surface area contributed by atoms with E-state index in [0.717, 1.165) is 67.7 Å². The van der Waals surface area contributed by atoms with Gasteiger partial charge in [0.05, 0.1) is 0 Å². The number of rotatable bonds is 7. The smallest absolute Gasteiger partial charge is 0.321 e. The molecule has 3 aromatic rings. The third kappa shape index (κ3) is 7.91. The lowest BCUT2D eigenvalue weighted by Gasteiger charge is -2.37. The number of carbonyl (C=O) groups is 1. The highest BCUT2D eigenvalue weighted by Crippen LogP contribution is 2.40. The lowest BCUT2D eigenvalue weighted by Crippen LogP contribution is -2.49. The molecule has 4 rings (SSSR count). The van der Waals surface area contributed by atoms with Crippen LogP contribution < -0.4 is 5.32 Å². The molecule has 0 radical (unpaired) electrons. The number of carbonyl (C=O) groups excluding carboxylic acids is 1. The molecular formula is C36H49N3O2. The number of nitrogens with zero attached hydrogens (tertiary/aromatic N) is 2. The van der Waals surface area contributed by atoms with Crippen LogP contribution in [0.25, 0.3) is 0 Å². The third-order valence-corrected chi connectivity index (χ3v) is 8.33. The number of hydrogen-bond acceptors (Lipinski definition) is 3. The molecule has 5 nitrogen and oxygen atoms in total. The number of piperidine rings is 1. The van der Waals surface area contributed by atoms with Crippen molar-refractivity contribution >= 4 is 11.7 Å². The first-order chi connectivity index (χ1) is 19.3. The van der Waals surface area contributed by atoms with Crippen molar-refractivity contribution in [3.05, 3.63) is 94.5 Å². The van der Waals surface area contributed by atoms with Crippen LogP contribution in [0, 0.1) is 0 Å². The van der Waals surface area contributed by atoms with Crippen molar-refractivity contribution in [3.63, 3.8) is 0 Å². The predicted molar refractivity (Wildman–Crippen MR) is 171 cm³/mol. The molecule has 3 aromatic carbocycles. The van der Waals surface area contributed by atoms with Gasteiger partial charge in [0.15, 0.2) is 0 Å². The Bertz CT molecular complexity index is 1290. The number of nitrogens with one attached hydrogen (secondary N) is 1. The van der Waals surface area contributed by atoms with E-state index in [1.807, 2.05) is 30.1 Å². The van der Waals surface area contributed by atoms with E-state index in [4.69, 9.17) is 0 Å². The van der Waals surface area contributed by atoms with Gasteiger partial charge < -0.3 is 15.3 Å². The maximum Gasteiger partial charge on any atom is 0.321 e. The van der Waals surface area contributed by atoms with Gasteiger partial charge in [-0.3, -0.25) is 4.90 Å². The van der Waals surface area contributed by atoms with Crippen LogP contribution in [0.4, 0.5) is 10.5 Å². The molecule has 1 aliphatic rings. The molecule has 0 saturated carbocycles. The summed E-state index contributed by atoms with van der Waals surface area (Å²) < 4.78 is 0. The molecule has 2 N–H and O–H groups in total. The summed E-state index contributed by atoms with van der Waals surface area (Å²) >= 11 is 0. The number of urea groups is 1. The van der Waals surface area contributed by atoms with E-state index in [2.05, 4.69) is 100 Å². The highest BCUT2D eigenvalue weighted by atomic mass is 16.3. The first kappa shape index (κ1) is 30.6. The molecular weight excluding hydrogens is 506 g/mol. The minimum atomic E-state index is -0.160. The van der Waals surface area contributed by atoms with Gasteiger partial charge in [-0.2, -0.15) is 0 Å². The minimum Gasteiger partial charge on any atom is -0.507 e. The summed E-state index contributed by atoms with van der Waals surface area (Å²) in [7, 11) is 1.92. The molecule has 41 heavy (non-hydrogen) atoms. The van der Waals surface area contributed by atoms with Crippen LogP contribution in [-0.2, 0) is 30.2 Å². The van der Waals surface area contributed by atoms with Gasteiger partial charge in [-0.1, -0.05) is 102 Å². The topological polar surface area (TPSA) is 55.8 Å². The third-order valence-electron chi connectivity index (χ3n) is 8.33. The number of phenols is 1. The highest BCUT2D eigenvalue weighted by Gasteiger charge is 2.28. The molecule has 5 heteroatoms. The van der Waals surface area contributed by atoms with Gasteiger partial charge in [0.25, 0.3) is 0 Å². The summed E-state index contributed by atoms with van der Waals surface area (Å²) in [4.78, 5) is 17.8. The lowest BCUT2D eigenvalue weighted by atomic mass is 9.78. The number of aromatic hydroxyl groups is 1. The van der Waals surface area contributed by atoms with Crippen molar-refractivity contribution < 1.29 is 9.90 Å². The number of likely N-dealkylation sites (N-methyl/N-ethyl adjacent to an activating group) is 1. The molecule has 1 heterocycles. The van der Waals surface area contributed by atoms with Crippen molar-refractivity contribution in [2.75, 3.05) is 25.5 Å². The Morgan fingerprint density at radius 2 is 1.51 bits per heavy atom. The average Bonchev–Trinajstić information content (AvgIpc) is 2.92. The zero-order valence-electron chi connectivity index (χ0n) is 26.1. The SMILES string of the molecule is CN(C(=O)Nc1ccccc1CCc1cc(C(C)(C)C)c(O)c(C(C)(C)C)c1)C1CCCN(Cc2ccccc2)C1. The first-order valence-electron chi connectivity index (χ1n) is 15.1. The molecule has 1 fully saturated rings. The number of likely N-dealkylation sites (tertiary alicyclic amines) is 1. The fourth-order valence-electron chi connectivity index (χ4n) is 5.82. The van der Waals surface area contributed by atoms with E-state index in [-0.39, 0.29) is 22.9 Å². The van der Waals surface area contributed by atoms with Crippen molar-refractivity contribution in [2.24, 2.45) is 0 Å². The van der Waals surface area contributed by atoms with E-state index >= 15 is 0 Å². The molecule has 220 valence electrons. The minimum absolute atomic E-state index is 0.0568. The molecule has 1 saturated heterocycles. The Hall–Kier alpha value is -3.31. The Morgan fingerprint density at radius 3 is 2.15 bits per heavy atom. The van der Waals surface area contributed by atoms with Crippen LogP contribution in [0.1, 0.15) is 82.2 Å². The molecule has 0 bridgehead atoms. The standard InChI is InChI=1S/C36H49N3O2/c1-35(2,3)30-22-27(23-31(33(30)40)36(4,5)6)19-20-28-16-11-12-18-32(28)37-34(41)38(7)29-17-13-21-39(25-29)24-26-14-9-8-10-15-26/h8-12,14-16,18,22-23,29,40H,13,17,19-21,24-25H2,1-7H3,(H,37,41). The normalized spacial score (nSPS) is 16.4. The fourth-order valence-corrected chi connectivity index (χ4v) is 5.82. The second kappa shape index (κ2) is 12.7. The van der Waals surface area contributed by atoms with E-state index in [9.17, 15) is 9.90 Å². The number of phenolic OH excluding ortho intramolecular Hbond substituents is 1. The van der Waals surface area contributed by atoms with Crippen LogP contribution in [0.15, 0.2) is 66.7 Å². The van der Waals surface area contributed by atoms with Crippen LogP contribution in [0.3, 0.4) is 0 Å². The van der Waals surface area contributed by atoms with Gasteiger partial charge in [0.1, 0.15) is 5.75 Å². The van der Waals surface area contributed by atoms with Gasteiger partial charge in [0, 0.05) is 31.9 Å². The van der Waals surface area contributed by atoms with E-state index in [0.29, 0.717) is 5.75 Å². The largest absolute Gasteiger partial charge is 0.507 e. The maximum absolute atomic E-state index is 13.4. The summed E-state index contributed by atoms with van der Waals surface area (Å²) in [5.41, 5.74) is 6.15. The Balaban J connectivity index is 1.44. The van der Waals surface area contributed by atoms with Gasteiger partial charge in [-0.15, -0.1) is 0 Å². The van der Waals surface area contributed by atoms with Crippen molar-refractivity contribution in [1.29, 1.82) is 0 Å². The summed E-state index contributed by atoms with van der Waals surface area (Å²) in [5, 5.41) is 14.3. The summed E-state index contributed by atoms with van der Waals surface area (Å²) in [6, 6.07) is 23.1. The number of anilines is 1. The maximum atomic E-state index is 13.4. The van der Waals surface area contributed by atoms with E-state index < -0.39 is 0 Å². The molecule has 0 aliphatic carbocycles. The summed E-state index contributed by atoms with van der Waals surface area (Å²) in [6.07, 6.45) is 3.73. The Labute approximate surface area is 247 Å². The second-order valence-corrected chi connectivity index (χ2v) is 13.8. The Morgan fingerprint density at radius 1 is 0.902 bits per heavy atom. The average molecular weight is 556 g/mol. The zero-order chi connectivity index (χ0) is 29.8. The molecule has 1 aliphatic heterocycles. The lowest BCUT2D eigenvalue weighted by molar-refractivity contribution is 0.127. The van der Waals surface area contributed by atoms with Gasteiger partial charge >= 0.3 is 6.03 Å². The molecule has 0 aromatic heterocycles. The molecule has 1 atom stereocenters. The molecule has 2 amide bonds. The summed E-state index contributed by atoms with van der Waals surface area (Å²) in [6.45, 7) is 15.7. The number of hydrogen-bond donors (Lipinski definition) is 2. The first-order valence-corrected chi connectivity index (χ1v) is 15.1. The monoisotopic (exact) mass is 555 g/mol. The second-order valence-electron chi connectivity index (χ2n) is 13.8. The number of amides is 2. The zero-order valence-corrected chi connectivity index (χ0v) is 26.1. The van der Waals surface area contributed by atoms with E-state index in [1.54, 1.807) is 0 Å². The van der Waals surface area contributed by atoms with Crippen LogP contribution in [0.2, 0.25) is 0 Å². The van der Waals surface area contributed by atoms with Crippen molar-refractivity contribution in [3.8, 4) is 5.75 Å². The highest BCUT2D eigenvalue weighted by molar-refractivity contribution is 5.90. The number of benzene rings is 3. The van der Waals surface area contributed by atoms with Crippen LogP contribution in [-0.4, -0.2) is 47.1 Å². The predicted octanol–water partition coefficient (Wildman–Crippen LogP) is 7.90. The molecule has 1 unspecified atom stereocenters. The Kier molecular flexibility index (Phi) is 9.48. The van der Waals surface area contributed by atoms with E-state index in [1.165, 1.54) is 11.1 Å². The van der Waals surface area contributed by atoms with Gasteiger partial charge in [0.2, 0.25) is 0 Å². The number of para-hydroxylation sites is 1. The van der Waals surface area contributed by atoms with Crippen LogP contribution >= 0.6 is 0 Å². The quantitative estimate of drug-likeness (QED) is 0.312. The fraction of sp³-hybridized carbons (Fsp3) is 0.472.